The summed E-state index contributed by atoms with van der Waals surface area (Å²) in [6, 6.07) is 6.76. The van der Waals surface area contributed by atoms with Crippen LogP contribution in [0.2, 0.25) is 0 Å². The number of rotatable bonds is 5. The summed E-state index contributed by atoms with van der Waals surface area (Å²) >= 11 is 0. The van der Waals surface area contributed by atoms with Gasteiger partial charge >= 0.3 is 0 Å². The molecule has 0 bridgehead atoms. The van der Waals surface area contributed by atoms with Gasteiger partial charge in [0.2, 0.25) is 5.78 Å². The second kappa shape index (κ2) is 8.12. The average molecular weight is 304 g/mol. The van der Waals surface area contributed by atoms with E-state index >= 15 is 0 Å². The molecule has 0 aliphatic carbocycles. The van der Waals surface area contributed by atoms with E-state index in [9.17, 15) is 14.4 Å². The predicted molar refractivity (Wildman–Crippen MR) is 81.1 cm³/mol. The van der Waals surface area contributed by atoms with E-state index < -0.39 is 0 Å². The molecule has 2 aromatic rings. The molecule has 0 unspecified atom stereocenters. The van der Waals surface area contributed by atoms with Crippen LogP contribution in [-0.4, -0.2) is 17.3 Å². The molecule has 22 heavy (non-hydrogen) atoms. The molecule has 0 saturated heterocycles. The van der Waals surface area contributed by atoms with Crippen LogP contribution in [-0.2, 0) is 4.79 Å². The molecule has 0 spiro atoms. The summed E-state index contributed by atoms with van der Waals surface area (Å²) in [6.45, 7) is 6.80. The molecule has 2 heterocycles. The summed E-state index contributed by atoms with van der Waals surface area (Å²) < 4.78 is 10.1. The molecular weight excluding hydrogens is 284 g/mol. The summed E-state index contributed by atoms with van der Waals surface area (Å²) in [5.74, 6) is 1.86. The Morgan fingerprint density at radius 1 is 0.909 bits per heavy atom. The zero-order valence-electron chi connectivity index (χ0n) is 13.3. The van der Waals surface area contributed by atoms with Gasteiger partial charge in [0.15, 0.2) is 17.3 Å². The first-order valence-electron chi connectivity index (χ1n) is 7.02. The van der Waals surface area contributed by atoms with E-state index in [-0.39, 0.29) is 29.5 Å². The monoisotopic (exact) mass is 304 g/mol. The maximum absolute atomic E-state index is 11.3. The Bertz CT molecular complexity index is 660. The van der Waals surface area contributed by atoms with Crippen molar-refractivity contribution in [2.24, 2.45) is 0 Å². The molecule has 0 atom stereocenters. The van der Waals surface area contributed by atoms with Gasteiger partial charge in [-0.25, -0.2) is 0 Å². The van der Waals surface area contributed by atoms with E-state index in [0.29, 0.717) is 17.9 Å². The van der Waals surface area contributed by atoms with Gasteiger partial charge in [-0.05, 0) is 38.1 Å². The van der Waals surface area contributed by atoms with Crippen LogP contribution < -0.4 is 0 Å². The van der Waals surface area contributed by atoms with Crippen molar-refractivity contribution in [2.75, 3.05) is 0 Å². The fraction of sp³-hybridized carbons (Fsp3) is 0.353. The Morgan fingerprint density at radius 3 is 1.73 bits per heavy atom. The Labute approximate surface area is 129 Å². The summed E-state index contributed by atoms with van der Waals surface area (Å²) in [6.07, 6.45) is 0.342. The van der Waals surface area contributed by atoms with Gasteiger partial charge in [0.25, 0.3) is 0 Å². The molecule has 0 amide bonds. The quantitative estimate of drug-likeness (QED) is 0.617. The van der Waals surface area contributed by atoms with Crippen molar-refractivity contribution in [2.45, 2.75) is 40.5 Å². The van der Waals surface area contributed by atoms with E-state index in [1.54, 1.807) is 38.1 Å². The number of carbonyl (C=O) groups excluding carboxylic acids is 3. The molecule has 5 heteroatoms. The Morgan fingerprint density at radius 2 is 1.41 bits per heavy atom. The SMILES string of the molecule is CC(=O)c1ccc(C)o1.CCC(=O)CC(=O)c1ccc(C)o1. The lowest BCUT2D eigenvalue weighted by molar-refractivity contribution is -0.117. The molecule has 2 rings (SSSR count). The van der Waals surface area contributed by atoms with Gasteiger partial charge in [0.1, 0.15) is 17.3 Å². The minimum absolute atomic E-state index is 0.0249. The van der Waals surface area contributed by atoms with Crippen LogP contribution in [0.1, 0.15) is 59.3 Å². The van der Waals surface area contributed by atoms with Gasteiger partial charge in [-0.2, -0.15) is 0 Å². The number of aryl methyl sites for hydroxylation is 2. The van der Waals surface area contributed by atoms with Gasteiger partial charge in [-0.3, -0.25) is 14.4 Å². The van der Waals surface area contributed by atoms with E-state index in [0.717, 1.165) is 5.76 Å². The molecule has 0 radical (unpaired) electrons. The normalized spacial score (nSPS) is 9.82. The lowest BCUT2D eigenvalue weighted by Gasteiger charge is -1.93. The van der Waals surface area contributed by atoms with Gasteiger partial charge in [-0.15, -0.1) is 0 Å². The zero-order chi connectivity index (χ0) is 16.7. The van der Waals surface area contributed by atoms with Crippen LogP contribution in [0.15, 0.2) is 33.1 Å². The minimum Gasteiger partial charge on any atom is -0.458 e. The van der Waals surface area contributed by atoms with Crippen molar-refractivity contribution >= 4 is 17.3 Å². The van der Waals surface area contributed by atoms with Crippen molar-refractivity contribution in [3.05, 3.63) is 47.3 Å². The zero-order valence-corrected chi connectivity index (χ0v) is 13.3. The van der Waals surface area contributed by atoms with Crippen LogP contribution in [0, 0.1) is 13.8 Å². The molecule has 0 aliphatic rings. The summed E-state index contributed by atoms with van der Waals surface area (Å²) in [4.78, 5) is 32.8. The van der Waals surface area contributed by atoms with Crippen LogP contribution in [0.4, 0.5) is 0 Å². The van der Waals surface area contributed by atoms with E-state index in [1.165, 1.54) is 6.92 Å². The highest BCUT2D eigenvalue weighted by Crippen LogP contribution is 2.09. The van der Waals surface area contributed by atoms with Gasteiger partial charge in [0.05, 0.1) is 6.42 Å². The molecule has 0 N–H and O–H groups in total. The maximum Gasteiger partial charge on any atom is 0.205 e. The van der Waals surface area contributed by atoms with E-state index in [2.05, 4.69) is 0 Å². The van der Waals surface area contributed by atoms with Gasteiger partial charge in [0, 0.05) is 13.3 Å². The first kappa shape index (κ1) is 17.6. The molecule has 0 saturated carbocycles. The van der Waals surface area contributed by atoms with Crippen LogP contribution in [0.25, 0.3) is 0 Å². The first-order valence-corrected chi connectivity index (χ1v) is 7.02. The van der Waals surface area contributed by atoms with E-state index in [4.69, 9.17) is 8.83 Å². The van der Waals surface area contributed by atoms with Crippen molar-refractivity contribution in [3.63, 3.8) is 0 Å². The van der Waals surface area contributed by atoms with Crippen molar-refractivity contribution < 1.29 is 23.2 Å². The molecule has 2 aromatic heterocycles. The van der Waals surface area contributed by atoms with Gasteiger partial charge < -0.3 is 8.83 Å². The Kier molecular flexibility index (Phi) is 6.50. The number of carbonyl (C=O) groups is 3. The third-order valence-corrected chi connectivity index (χ3v) is 2.85. The van der Waals surface area contributed by atoms with Crippen LogP contribution >= 0.6 is 0 Å². The summed E-state index contributed by atoms with van der Waals surface area (Å²) in [7, 11) is 0. The molecule has 0 aliphatic heterocycles. The third kappa shape index (κ3) is 5.52. The third-order valence-electron chi connectivity index (χ3n) is 2.85. The number of Topliss-reactive ketones (excluding diaryl/α,β-unsaturated/α-hetero) is 3. The van der Waals surface area contributed by atoms with E-state index in [1.807, 2.05) is 6.92 Å². The minimum atomic E-state index is -0.236. The molecule has 0 fully saturated rings. The molecular formula is C17H20O5. The van der Waals surface area contributed by atoms with Crippen molar-refractivity contribution in [3.8, 4) is 0 Å². The fourth-order valence-corrected chi connectivity index (χ4v) is 1.60. The lowest BCUT2D eigenvalue weighted by Crippen LogP contribution is -2.05. The molecule has 0 aromatic carbocycles. The van der Waals surface area contributed by atoms with Crippen LogP contribution in [0.5, 0.6) is 0 Å². The lowest BCUT2D eigenvalue weighted by atomic mass is 10.1. The highest BCUT2D eigenvalue weighted by Gasteiger charge is 2.13. The second-order valence-electron chi connectivity index (χ2n) is 4.87. The number of hydrogen-bond acceptors (Lipinski definition) is 5. The standard InChI is InChI=1S/C10H12O3.C7H8O2/c1-3-8(11)6-9(12)10-5-4-7(2)13-10;1-5-3-4-7(9-5)6(2)8/h4-5H,3,6H2,1-2H3;3-4H,1-2H3. The fourth-order valence-electron chi connectivity index (χ4n) is 1.60. The summed E-state index contributed by atoms with van der Waals surface area (Å²) in [5.41, 5.74) is 0. The highest BCUT2D eigenvalue weighted by atomic mass is 16.4. The van der Waals surface area contributed by atoms with Crippen molar-refractivity contribution in [1.82, 2.24) is 0 Å². The molecule has 5 nitrogen and oxygen atoms in total. The highest BCUT2D eigenvalue weighted by molar-refractivity contribution is 6.06. The number of furan rings is 2. The second-order valence-corrected chi connectivity index (χ2v) is 4.87. The summed E-state index contributed by atoms with van der Waals surface area (Å²) in [5, 5.41) is 0. The number of ketones is 3. The smallest absolute Gasteiger partial charge is 0.205 e. The predicted octanol–water partition coefficient (Wildman–Crippen LogP) is 3.93. The number of hydrogen-bond donors (Lipinski definition) is 0. The Balaban J connectivity index is 0.000000235. The molecule has 118 valence electrons. The average Bonchev–Trinajstić information content (AvgIpc) is 3.08. The van der Waals surface area contributed by atoms with Gasteiger partial charge in [-0.1, -0.05) is 6.92 Å². The van der Waals surface area contributed by atoms with Crippen molar-refractivity contribution in [1.29, 1.82) is 0 Å². The van der Waals surface area contributed by atoms with Crippen LogP contribution in [0.3, 0.4) is 0 Å². The maximum atomic E-state index is 11.3. The Hall–Kier alpha value is -2.43. The topological polar surface area (TPSA) is 77.5 Å². The largest absolute Gasteiger partial charge is 0.458 e. The first-order chi connectivity index (χ1) is 10.3.